The zero-order valence-corrected chi connectivity index (χ0v) is 10.2. The van der Waals surface area contributed by atoms with Crippen molar-refractivity contribution in [2.24, 2.45) is 7.05 Å². The minimum atomic E-state index is 0.493. The molecule has 0 atom stereocenters. The molecule has 0 aliphatic heterocycles. The van der Waals surface area contributed by atoms with Crippen LogP contribution in [0.25, 0.3) is 16.7 Å². The van der Waals surface area contributed by atoms with Crippen molar-refractivity contribution in [2.45, 2.75) is 6.92 Å². The van der Waals surface area contributed by atoms with Gasteiger partial charge < -0.3 is 0 Å². The van der Waals surface area contributed by atoms with Crippen LogP contribution in [0.5, 0.6) is 0 Å². The summed E-state index contributed by atoms with van der Waals surface area (Å²) in [4.78, 5) is 0. The van der Waals surface area contributed by atoms with Gasteiger partial charge in [0.15, 0.2) is 11.0 Å². The summed E-state index contributed by atoms with van der Waals surface area (Å²) in [5.41, 5.74) is 1.79. The Morgan fingerprint density at radius 1 is 1.24 bits per heavy atom. The Morgan fingerprint density at radius 2 is 2.00 bits per heavy atom. The monoisotopic (exact) mass is 245 g/mol. The molecule has 0 aliphatic rings. The van der Waals surface area contributed by atoms with E-state index in [9.17, 15) is 0 Å². The number of aryl methyl sites for hydroxylation is 2. The Balaban J connectivity index is 2.34. The first-order valence-corrected chi connectivity index (χ1v) is 5.61. The van der Waals surface area contributed by atoms with Gasteiger partial charge in [0.2, 0.25) is 0 Å². The second-order valence-corrected chi connectivity index (χ2v) is 4.24. The van der Waals surface area contributed by atoms with Crippen molar-refractivity contribution in [3.8, 4) is 5.82 Å². The van der Waals surface area contributed by atoms with E-state index in [1.807, 2.05) is 38.2 Å². The van der Waals surface area contributed by atoms with E-state index >= 15 is 0 Å². The average molecular weight is 246 g/mol. The molecule has 3 aromatic rings. The maximum absolute atomic E-state index is 6.11. The first kappa shape index (κ1) is 10.4. The molecule has 85 valence electrons. The third kappa shape index (κ3) is 1.52. The zero-order valence-electron chi connectivity index (χ0n) is 9.48. The van der Waals surface area contributed by atoms with Gasteiger partial charge in [-0.3, -0.25) is 4.68 Å². The number of halogens is 1. The number of fused-ring (bicyclic) bond motifs is 1. The molecule has 2 heterocycles. The van der Waals surface area contributed by atoms with Crippen molar-refractivity contribution in [3.05, 3.63) is 41.2 Å². The second-order valence-electron chi connectivity index (χ2n) is 3.88. The van der Waals surface area contributed by atoms with E-state index in [-0.39, 0.29) is 0 Å². The number of benzene rings is 1. The SMILES string of the molecule is Cc1[c]c(-n2nc(Cl)c3ccccc32)n(C)n1. The van der Waals surface area contributed by atoms with Crippen LogP contribution in [0.15, 0.2) is 24.3 Å². The van der Waals surface area contributed by atoms with E-state index in [0.29, 0.717) is 5.15 Å². The molecule has 5 heteroatoms. The molecule has 0 amide bonds. The summed E-state index contributed by atoms with van der Waals surface area (Å²) < 4.78 is 3.50. The van der Waals surface area contributed by atoms with Gasteiger partial charge in [-0.05, 0) is 19.1 Å². The number of hydrogen-bond donors (Lipinski definition) is 0. The summed E-state index contributed by atoms with van der Waals surface area (Å²) in [7, 11) is 1.86. The van der Waals surface area contributed by atoms with Gasteiger partial charge in [-0.25, -0.2) is 4.68 Å². The van der Waals surface area contributed by atoms with Crippen LogP contribution < -0.4 is 0 Å². The Labute approximate surface area is 103 Å². The minimum absolute atomic E-state index is 0.493. The normalized spacial score (nSPS) is 11.2. The Bertz CT molecular complexity index is 696. The second kappa shape index (κ2) is 3.60. The van der Waals surface area contributed by atoms with Gasteiger partial charge in [-0.1, -0.05) is 23.7 Å². The van der Waals surface area contributed by atoms with Crippen LogP contribution in [0.3, 0.4) is 0 Å². The highest BCUT2D eigenvalue weighted by Crippen LogP contribution is 2.24. The molecule has 0 spiro atoms. The predicted molar refractivity (Wildman–Crippen MR) is 66.4 cm³/mol. The lowest BCUT2D eigenvalue weighted by atomic mass is 10.2. The van der Waals surface area contributed by atoms with Crippen LogP contribution in [0.4, 0.5) is 0 Å². The van der Waals surface area contributed by atoms with Gasteiger partial charge in [-0.2, -0.15) is 10.2 Å². The smallest absolute Gasteiger partial charge is 0.160 e. The average Bonchev–Trinajstić information content (AvgIpc) is 2.80. The van der Waals surface area contributed by atoms with Gasteiger partial charge in [0.25, 0.3) is 0 Å². The minimum Gasteiger partial charge on any atom is -0.250 e. The van der Waals surface area contributed by atoms with E-state index in [4.69, 9.17) is 11.6 Å². The molecule has 1 aromatic carbocycles. The van der Waals surface area contributed by atoms with Crippen molar-refractivity contribution >= 4 is 22.5 Å². The summed E-state index contributed by atoms with van der Waals surface area (Å²) >= 11 is 6.11. The molecule has 4 nitrogen and oxygen atoms in total. The molecule has 0 unspecified atom stereocenters. The number of para-hydroxylation sites is 1. The van der Waals surface area contributed by atoms with E-state index < -0.39 is 0 Å². The van der Waals surface area contributed by atoms with Crippen LogP contribution >= 0.6 is 11.6 Å². The molecular formula is C12H10ClN4. The largest absolute Gasteiger partial charge is 0.250 e. The molecule has 0 N–H and O–H groups in total. The lowest BCUT2D eigenvalue weighted by Crippen LogP contribution is -2.04. The van der Waals surface area contributed by atoms with Gasteiger partial charge >= 0.3 is 0 Å². The highest BCUT2D eigenvalue weighted by Gasteiger charge is 2.12. The summed E-state index contributed by atoms with van der Waals surface area (Å²) in [5.74, 6) is 0.783. The molecule has 0 saturated heterocycles. The van der Waals surface area contributed by atoms with E-state index in [1.54, 1.807) is 9.36 Å². The first-order valence-electron chi connectivity index (χ1n) is 5.23. The van der Waals surface area contributed by atoms with Crippen LogP contribution in [-0.2, 0) is 7.05 Å². The van der Waals surface area contributed by atoms with Crippen molar-refractivity contribution < 1.29 is 0 Å². The third-order valence-corrected chi connectivity index (χ3v) is 2.92. The highest BCUT2D eigenvalue weighted by molar-refractivity contribution is 6.34. The van der Waals surface area contributed by atoms with Gasteiger partial charge in [-0.15, -0.1) is 0 Å². The summed E-state index contributed by atoms with van der Waals surface area (Å²) in [6.45, 7) is 1.90. The number of aromatic nitrogens is 4. The molecule has 0 saturated carbocycles. The lowest BCUT2D eigenvalue weighted by molar-refractivity contribution is 0.702. The van der Waals surface area contributed by atoms with E-state index in [2.05, 4.69) is 16.3 Å². The Kier molecular flexibility index (Phi) is 2.19. The fraction of sp³-hybridized carbons (Fsp3) is 0.167. The maximum atomic E-state index is 6.11. The van der Waals surface area contributed by atoms with Crippen molar-refractivity contribution in [1.29, 1.82) is 0 Å². The zero-order chi connectivity index (χ0) is 12.0. The molecule has 2 aromatic heterocycles. The molecule has 0 bridgehead atoms. The predicted octanol–water partition coefficient (Wildman–Crippen LogP) is 2.52. The summed E-state index contributed by atoms with van der Waals surface area (Å²) in [6.07, 6.45) is 0. The van der Waals surface area contributed by atoms with Gasteiger partial charge in [0.1, 0.15) is 0 Å². The quantitative estimate of drug-likeness (QED) is 0.660. The Hall–Kier alpha value is -1.81. The highest BCUT2D eigenvalue weighted by atomic mass is 35.5. The molecule has 0 aliphatic carbocycles. The molecule has 0 fully saturated rings. The third-order valence-electron chi connectivity index (χ3n) is 2.64. The van der Waals surface area contributed by atoms with Crippen molar-refractivity contribution in [2.75, 3.05) is 0 Å². The number of rotatable bonds is 1. The lowest BCUT2D eigenvalue weighted by Gasteiger charge is -2.02. The Morgan fingerprint density at radius 3 is 2.71 bits per heavy atom. The van der Waals surface area contributed by atoms with Crippen LogP contribution in [0, 0.1) is 13.0 Å². The van der Waals surface area contributed by atoms with Crippen molar-refractivity contribution in [3.63, 3.8) is 0 Å². The maximum Gasteiger partial charge on any atom is 0.160 e. The first-order chi connectivity index (χ1) is 8.16. The van der Waals surface area contributed by atoms with Gasteiger partial charge in [0, 0.05) is 12.4 Å². The van der Waals surface area contributed by atoms with Crippen LogP contribution in [0.1, 0.15) is 5.69 Å². The van der Waals surface area contributed by atoms with Crippen LogP contribution in [0.2, 0.25) is 5.15 Å². The van der Waals surface area contributed by atoms with Gasteiger partial charge in [0.05, 0.1) is 17.3 Å². The fourth-order valence-corrected chi connectivity index (χ4v) is 2.16. The molecular weight excluding hydrogens is 236 g/mol. The summed E-state index contributed by atoms with van der Waals surface area (Å²) in [5, 5.41) is 10.0. The van der Waals surface area contributed by atoms with E-state index in [1.165, 1.54) is 0 Å². The van der Waals surface area contributed by atoms with E-state index in [0.717, 1.165) is 22.4 Å². The number of hydrogen-bond acceptors (Lipinski definition) is 2. The molecule has 17 heavy (non-hydrogen) atoms. The van der Waals surface area contributed by atoms with Crippen molar-refractivity contribution in [1.82, 2.24) is 19.6 Å². The standard InChI is InChI=1S/C12H10ClN4/c1-8-7-11(16(2)14-8)17-10-6-4-3-5-9(10)12(13)15-17/h3-6H,1-2H3. The summed E-state index contributed by atoms with van der Waals surface area (Å²) in [6, 6.07) is 11.0. The molecule has 1 radical (unpaired) electrons. The molecule has 3 rings (SSSR count). The topological polar surface area (TPSA) is 35.6 Å². The van der Waals surface area contributed by atoms with Crippen LogP contribution in [-0.4, -0.2) is 19.6 Å². The fourth-order valence-electron chi connectivity index (χ4n) is 1.92. The number of nitrogens with zero attached hydrogens (tertiary/aromatic N) is 4.